The van der Waals surface area contributed by atoms with Gasteiger partial charge in [0.25, 0.3) is 5.56 Å². The molecule has 0 saturated heterocycles. The summed E-state index contributed by atoms with van der Waals surface area (Å²) in [7, 11) is 0. The smallest absolute Gasteiger partial charge is 0.338 e. The minimum atomic E-state index is -0.744. The third kappa shape index (κ3) is 5.34. The fourth-order valence-corrected chi connectivity index (χ4v) is 7.29. The summed E-state index contributed by atoms with van der Waals surface area (Å²) in [4.78, 5) is 31.8. The first-order valence-corrected chi connectivity index (χ1v) is 14.3. The van der Waals surface area contributed by atoms with E-state index in [1.165, 1.54) is 15.9 Å². The van der Waals surface area contributed by atoms with Crippen LogP contribution in [-0.2, 0) is 9.53 Å². The maximum absolute atomic E-state index is 13.7. The third-order valence-electron chi connectivity index (χ3n) is 5.38. The summed E-state index contributed by atoms with van der Waals surface area (Å²) >= 11 is 12.3. The quantitative estimate of drug-likeness (QED) is 0.189. The normalized spacial score (nSPS) is 15.4. The SMILES string of the molecule is C=CCOc1c(I)cc(/C=c2\sc3n(c2=O)[C@@H](c2ccccc2Cl)C(C(=O)OCC)=C(C)N=3)cc1I. The molecule has 1 aliphatic heterocycles. The molecule has 2 heterocycles. The van der Waals surface area contributed by atoms with Gasteiger partial charge in [0.2, 0.25) is 0 Å². The molecule has 1 atom stereocenters. The number of carbonyl (C=O) groups excluding carboxylic acids is 1. The Kier molecular flexibility index (Phi) is 8.74. The van der Waals surface area contributed by atoms with Gasteiger partial charge >= 0.3 is 5.97 Å². The molecule has 6 nitrogen and oxygen atoms in total. The van der Waals surface area contributed by atoms with E-state index in [2.05, 4.69) is 56.8 Å². The molecule has 2 aromatic carbocycles. The van der Waals surface area contributed by atoms with Crippen molar-refractivity contribution in [1.82, 2.24) is 4.57 Å². The Bertz CT molecular complexity index is 1550. The molecule has 0 N–H and O–H groups in total. The molecule has 3 aromatic rings. The predicted molar refractivity (Wildman–Crippen MR) is 159 cm³/mol. The van der Waals surface area contributed by atoms with E-state index in [0.717, 1.165) is 18.5 Å². The average molecular weight is 747 g/mol. The molecule has 10 heteroatoms. The summed E-state index contributed by atoms with van der Waals surface area (Å²) < 4.78 is 15.0. The van der Waals surface area contributed by atoms with Gasteiger partial charge in [0.05, 0.1) is 29.5 Å². The lowest BCUT2D eigenvalue weighted by Crippen LogP contribution is -2.40. The van der Waals surface area contributed by atoms with Crippen molar-refractivity contribution in [3.8, 4) is 5.75 Å². The van der Waals surface area contributed by atoms with E-state index in [0.29, 0.717) is 37.8 Å². The minimum Gasteiger partial charge on any atom is -0.487 e. The summed E-state index contributed by atoms with van der Waals surface area (Å²) in [5, 5.41) is 0.452. The number of fused-ring (bicyclic) bond motifs is 1. The van der Waals surface area contributed by atoms with Gasteiger partial charge in [-0.25, -0.2) is 9.79 Å². The molecule has 0 amide bonds. The number of aromatic nitrogens is 1. The first kappa shape index (κ1) is 27.1. The molecular weight excluding hydrogens is 726 g/mol. The number of hydrogen-bond acceptors (Lipinski definition) is 6. The molecule has 4 rings (SSSR count). The molecule has 1 aliphatic rings. The monoisotopic (exact) mass is 746 g/mol. The van der Waals surface area contributed by atoms with E-state index >= 15 is 0 Å². The maximum Gasteiger partial charge on any atom is 0.338 e. The topological polar surface area (TPSA) is 69.9 Å². The van der Waals surface area contributed by atoms with Crippen LogP contribution in [0, 0.1) is 7.14 Å². The van der Waals surface area contributed by atoms with Crippen molar-refractivity contribution in [3.05, 3.63) is 103 Å². The Balaban J connectivity index is 1.91. The lowest BCUT2D eigenvalue weighted by atomic mass is 9.96. The van der Waals surface area contributed by atoms with Crippen LogP contribution in [-0.4, -0.2) is 23.8 Å². The van der Waals surface area contributed by atoms with Crippen molar-refractivity contribution in [2.45, 2.75) is 19.9 Å². The number of esters is 1. The summed E-state index contributed by atoms with van der Waals surface area (Å²) in [6.45, 7) is 7.80. The van der Waals surface area contributed by atoms with E-state index in [-0.39, 0.29) is 12.2 Å². The molecule has 0 aliphatic carbocycles. The van der Waals surface area contributed by atoms with E-state index in [4.69, 9.17) is 21.1 Å². The van der Waals surface area contributed by atoms with Crippen LogP contribution >= 0.6 is 68.1 Å². The second-order valence-corrected chi connectivity index (χ2v) is 11.5. The van der Waals surface area contributed by atoms with Gasteiger partial charge in [-0.15, -0.1) is 0 Å². The zero-order chi connectivity index (χ0) is 26.0. The van der Waals surface area contributed by atoms with Gasteiger partial charge in [0.15, 0.2) is 4.80 Å². The number of carbonyl (C=O) groups is 1. The highest BCUT2D eigenvalue weighted by molar-refractivity contribution is 14.1. The van der Waals surface area contributed by atoms with Crippen LogP contribution in [0.2, 0.25) is 5.02 Å². The summed E-state index contributed by atoms with van der Waals surface area (Å²) in [6, 6.07) is 10.4. The van der Waals surface area contributed by atoms with Gasteiger partial charge in [0, 0.05) is 5.02 Å². The molecule has 0 unspecified atom stereocenters. The molecule has 0 spiro atoms. The van der Waals surface area contributed by atoms with Crippen molar-refractivity contribution < 1.29 is 14.3 Å². The molecule has 0 saturated carbocycles. The van der Waals surface area contributed by atoms with Crippen LogP contribution in [0.25, 0.3) is 6.08 Å². The van der Waals surface area contributed by atoms with Crippen molar-refractivity contribution in [3.63, 3.8) is 0 Å². The summed E-state index contributed by atoms with van der Waals surface area (Å²) in [5.74, 6) is 0.264. The highest BCUT2D eigenvalue weighted by atomic mass is 127. The molecule has 0 radical (unpaired) electrons. The number of nitrogens with zero attached hydrogens (tertiary/aromatic N) is 2. The van der Waals surface area contributed by atoms with E-state index in [1.54, 1.807) is 26.0 Å². The molecule has 0 bridgehead atoms. The molecule has 36 heavy (non-hydrogen) atoms. The third-order valence-corrected chi connectivity index (χ3v) is 8.31. The standard InChI is InChI=1S/C26H21ClI2N2O4S/c1-4-10-35-23-18(28)11-15(12-19(23)29)13-20-24(32)31-22(16-8-6-7-9-17(16)27)21(25(33)34-5-2)14(3)30-26(31)36-20/h4,6-9,11-13,22H,1,5,10H2,2-3H3/b20-13-/t22-/m0/s1. The minimum absolute atomic E-state index is 0.207. The number of ether oxygens (including phenoxy) is 2. The lowest BCUT2D eigenvalue weighted by Gasteiger charge is -2.25. The van der Waals surface area contributed by atoms with Crippen molar-refractivity contribution >= 4 is 80.2 Å². The van der Waals surface area contributed by atoms with Gasteiger partial charge in [-0.05, 0) is 94.4 Å². The number of allylic oxidation sites excluding steroid dienone is 1. The van der Waals surface area contributed by atoms with E-state index in [1.807, 2.05) is 36.4 Å². The predicted octanol–water partition coefficient (Wildman–Crippen LogP) is 5.23. The Labute approximate surface area is 244 Å². The average Bonchev–Trinajstić information content (AvgIpc) is 3.12. The maximum atomic E-state index is 13.7. The van der Waals surface area contributed by atoms with Crippen molar-refractivity contribution in [1.29, 1.82) is 0 Å². The van der Waals surface area contributed by atoms with E-state index in [9.17, 15) is 9.59 Å². The molecular formula is C26H21ClI2N2O4S. The number of benzene rings is 2. The zero-order valence-electron chi connectivity index (χ0n) is 19.4. The van der Waals surface area contributed by atoms with Crippen molar-refractivity contribution in [2.75, 3.05) is 13.2 Å². The van der Waals surface area contributed by atoms with Gasteiger partial charge in [-0.2, -0.15) is 0 Å². The van der Waals surface area contributed by atoms with Crippen LogP contribution in [0.5, 0.6) is 5.75 Å². The van der Waals surface area contributed by atoms with Crippen LogP contribution in [0.15, 0.2) is 70.1 Å². The van der Waals surface area contributed by atoms with Gasteiger partial charge in [0.1, 0.15) is 18.4 Å². The number of thiazole rings is 1. The number of hydrogen-bond donors (Lipinski definition) is 0. The van der Waals surface area contributed by atoms with Gasteiger partial charge in [-0.1, -0.05) is 53.8 Å². The summed E-state index contributed by atoms with van der Waals surface area (Å²) in [5.41, 5.74) is 2.04. The highest BCUT2D eigenvalue weighted by Crippen LogP contribution is 2.34. The number of rotatable bonds is 7. The first-order valence-electron chi connectivity index (χ1n) is 10.9. The lowest BCUT2D eigenvalue weighted by molar-refractivity contribution is -0.139. The van der Waals surface area contributed by atoms with Crippen LogP contribution in [0.1, 0.15) is 31.0 Å². The highest BCUT2D eigenvalue weighted by Gasteiger charge is 2.34. The molecule has 186 valence electrons. The first-order chi connectivity index (χ1) is 17.3. The second-order valence-electron chi connectivity index (χ2n) is 7.74. The largest absolute Gasteiger partial charge is 0.487 e. The molecule has 0 fully saturated rings. The Morgan fingerprint density at radius 1 is 1.28 bits per heavy atom. The fraction of sp³-hybridized carbons (Fsp3) is 0.192. The Morgan fingerprint density at radius 3 is 2.61 bits per heavy atom. The Hall–Kier alpha value is -1.96. The van der Waals surface area contributed by atoms with E-state index < -0.39 is 12.0 Å². The fourth-order valence-electron chi connectivity index (χ4n) is 3.88. The van der Waals surface area contributed by atoms with Crippen LogP contribution in [0.3, 0.4) is 0 Å². The number of halogens is 3. The van der Waals surface area contributed by atoms with Crippen molar-refractivity contribution in [2.24, 2.45) is 4.99 Å². The van der Waals surface area contributed by atoms with Gasteiger partial charge in [-0.3, -0.25) is 9.36 Å². The summed E-state index contributed by atoms with van der Waals surface area (Å²) in [6.07, 6.45) is 3.53. The molecule has 1 aromatic heterocycles. The van der Waals surface area contributed by atoms with Crippen LogP contribution in [0.4, 0.5) is 0 Å². The second kappa shape index (κ2) is 11.6. The van der Waals surface area contributed by atoms with Gasteiger partial charge < -0.3 is 9.47 Å². The van der Waals surface area contributed by atoms with Crippen LogP contribution < -0.4 is 19.6 Å². The zero-order valence-corrected chi connectivity index (χ0v) is 25.3. The Morgan fingerprint density at radius 2 is 1.97 bits per heavy atom.